The van der Waals surface area contributed by atoms with Gasteiger partial charge in [0.05, 0.1) is 11.4 Å². The zero-order valence-electron chi connectivity index (χ0n) is 20.6. The molecular weight excluding hydrogens is 474 g/mol. The number of aromatic carboxylic acids is 1. The normalized spacial score (nSPS) is 18.0. The molecular formula is C27H29N5O3S. The Morgan fingerprint density at radius 1 is 1.11 bits per heavy atom. The minimum absolute atomic E-state index is 0.0256. The van der Waals surface area contributed by atoms with Crippen molar-refractivity contribution in [3.05, 3.63) is 53.8 Å². The highest BCUT2D eigenvalue weighted by molar-refractivity contribution is 7.18. The monoisotopic (exact) mass is 503 g/mol. The van der Waals surface area contributed by atoms with Crippen molar-refractivity contribution in [3.8, 4) is 21.8 Å². The largest absolute Gasteiger partial charge is 0.477 e. The molecule has 4 heterocycles. The number of amides is 1. The van der Waals surface area contributed by atoms with E-state index < -0.39 is 5.97 Å². The smallest absolute Gasteiger partial charge is 0.348 e. The van der Waals surface area contributed by atoms with Crippen LogP contribution in [0.5, 0.6) is 0 Å². The van der Waals surface area contributed by atoms with E-state index in [0.29, 0.717) is 23.0 Å². The fraction of sp³-hybridized carbons (Fsp3) is 0.370. The number of hydrogen-bond acceptors (Lipinski definition) is 6. The molecule has 8 nitrogen and oxygen atoms in total. The van der Waals surface area contributed by atoms with E-state index in [4.69, 9.17) is 0 Å². The van der Waals surface area contributed by atoms with Crippen molar-refractivity contribution in [2.45, 2.75) is 52.5 Å². The first-order valence-electron chi connectivity index (χ1n) is 12.3. The number of carbonyl (C=O) groups excluding carboxylic acids is 1. The van der Waals surface area contributed by atoms with E-state index in [-0.39, 0.29) is 22.7 Å². The number of aromatic nitrogens is 4. The molecule has 0 atom stereocenters. The first-order valence-corrected chi connectivity index (χ1v) is 13.1. The van der Waals surface area contributed by atoms with E-state index in [1.807, 2.05) is 50.4 Å². The fourth-order valence-corrected chi connectivity index (χ4v) is 5.84. The lowest BCUT2D eigenvalue weighted by atomic mass is 9.82. The van der Waals surface area contributed by atoms with Crippen molar-refractivity contribution in [3.63, 3.8) is 0 Å². The zero-order chi connectivity index (χ0) is 25.4. The molecule has 1 aliphatic carbocycles. The quantitative estimate of drug-likeness (QED) is 0.358. The summed E-state index contributed by atoms with van der Waals surface area (Å²) in [6, 6.07) is 9.13. The first-order chi connectivity index (χ1) is 17.3. The lowest BCUT2D eigenvalue weighted by molar-refractivity contribution is -0.123. The van der Waals surface area contributed by atoms with Crippen LogP contribution in [0, 0.1) is 11.8 Å². The molecule has 0 spiro atoms. The second-order valence-corrected chi connectivity index (χ2v) is 10.8. The van der Waals surface area contributed by atoms with Gasteiger partial charge in [-0.05, 0) is 69.7 Å². The summed E-state index contributed by atoms with van der Waals surface area (Å²) >= 11 is 1.17. The molecule has 1 aliphatic rings. The number of nitrogens with zero attached hydrogens (tertiary/aromatic N) is 5. The summed E-state index contributed by atoms with van der Waals surface area (Å²) in [5.41, 5.74) is 3.40. The Morgan fingerprint density at radius 2 is 1.89 bits per heavy atom. The number of carboxylic acid groups (broad SMARTS) is 1. The fourth-order valence-electron chi connectivity index (χ4n) is 4.86. The van der Waals surface area contributed by atoms with Gasteiger partial charge in [-0.1, -0.05) is 6.92 Å². The van der Waals surface area contributed by atoms with Crippen LogP contribution in [0.15, 0.2) is 48.9 Å². The maximum atomic E-state index is 13.6. The third-order valence-corrected chi connectivity index (χ3v) is 7.99. The average Bonchev–Trinajstić information content (AvgIpc) is 3.49. The minimum Gasteiger partial charge on any atom is -0.477 e. The summed E-state index contributed by atoms with van der Waals surface area (Å²) in [6.45, 7) is 6.10. The molecule has 0 aromatic carbocycles. The van der Waals surface area contributed by atoms with Crippen LogP contribution in [0.4, 0.5) is 5.69 Å². The number of fused-ring (bicyclic) bond motifs is 1. The second kappa shape index (κ2) is 9.81. The predicted octanol–water partition coefficient (Wildman–Crippen LogP) is 5.79. The van der Waals surface area contributed by atoms with Gasteiger partial charge < -0.3 is 10.0 Å². The highest BCUT2D eigenvalue weighted by Crippen LogP contribution is 2.40. The molecule has 1 N–H and O–H groups in total. The predicted molar refractivity (Wildman–Crippen MR) is 140 cm³/mol. The Hall–Kier alpha value is -3.59. The van der Waals surface area contributed by atoms with Gasteiger partial charge in [-0.2, -0.15) is 5.10 Å². The summed E-state index contributed by atoms with van der Waals surface area (Å²) in [4.78, 5) is 37.2. The van der Waals surface area contributed by atoms with Crippen LogP contribution < -0.4 is 4.90 Å². The maximum Gasteiger partial charge on any atom is 0.348 e. The molecule has 1 fully saturated rings. The summed E-state index contributed by atoms with van der Waals surface area (Å²) in [5, 5.41) is 14.5. The Labute approximate surface area is 213 Å². The highest BCUT2D eigenvalue weighted by atomic mass is 32.1. The molecule has 0 bridgehead atoms. The number of anilines is 1. The molecule has 1 saturated carbocycles. The van der Waals surface area contributed by atoms with Gasteiger partial charge in [-0.15, -0.1) is 11.3 Å². The van der Waals surface area contributed by atoms with E-state index in [1.165, 1.54) is 11.3 Å². The summed E-state index contributed by atoms with van der Waals surface area (Å²) in [6.07, 6.45) is 9.03. The number of thiophene rings is 1. The lowest BCUT2D eigenvalue weighted by Gasteiger charge is -2.33. The third kappa shape index (κ3) is 4.63. The summed E-state index contributed by atoms with van der Waals surface area (Å²) in [5.74, 6) is -0.429. The Morgan fingerprint density at radius 3 is 2.53 bits per heavy atom. The molecule has 36 heavy (non-hydrogen) atoms. The highest BCUT2D eigenvalue weighted by Gasteiger charge is 2.33. The number of carboxylic acids is 1. The van der Waals surface area contributed by atoms with Crippen molar-refractivity contribution in [2.75, 3.05) is 4.90 Å². The number of rotatable bonds is 6. The molecule has 4 aromatic rings. The molecule has 0 aliphatic heterocycles. The topological polar surface area (TPSA) is 101 Å². The number of carbonyl (C=O) groups is 2. The Bertz CT molecular complexity index is 1370. The van der Waals surface area contributed by atoms with E-state index >= 15 is 0 Å². The van der Waals surface area contributed by atoms with E-state index in [2.05, 4.69) is 22.0 Å². The first kappa shape index (κ1) is 24.1. The van der Waals surface area contributed by atoms with Crippen molar-refractivity contribution in [2.24, 2.45) is 11.8 Å². The number of pyridine rings is 1. The summed E-state index contributed by atoms with van der Waals surface area (Å²) in [7, 11) is 0. The van der Waals surface area contributed by atoms with Crippen LogP contribution in [0.3, 0.4) is 0 Å². The van der Waals surface area contributed by atoms with Crippen LogP contribution >= 0.6 is 11.3 Å². The van der Waals surface area contributed by atoms with Crippen LogP contribution in [0.1, 0.15) is 56.1 Å². The van der Waals surface area contributed by atoms with Crippen molar-refractivity contribution in [1.82, 2.24) is 19.6 Å². The molecule has 0 saturated heterocycles. The number of hydrogen-bond donors (Lipinski definition) is 1. The van der Waals surface area contributed by atoms with Gasteiger partial charge in [0.15, 0.2) is 5.65 Å². The van der Waals surface area contributed by atoms with Crippen LogP contribution in [0.25, 0.3) is 27.5 Å². The maximum absolute atomic E-state index is 13.6. The third-order valence-electron chi connectivity index (χ3n) is 6.83. The van der Waals surface area contributed by atoms with Crippen LogP contribution in [-0.2, 0) is 4.79 Å². The average molecular weight is 504 g/mol. The van der Waals surface area contributed by atoms with Gasteiger partial charge in [-0.25, -0.2) is 14.3 Å². The van der Waals surface area contributed by atoms with Gasteiger partial charge in [0.2, 0.25) is 5.91 Å². The van der Waals surface area contributed by atoms with E-state index in [1.54, 1.807) is 21.8 Å². The SMILES string of the molecule is CC(C)N(c1cc(-c2ccc(-c3cc4ncccn4n3)nc2)sc1C(=O)O)C(=O)[C@H]1CC[C@H](C)CC1. The van der Waals surface area contributed by atoms with Crippen molar-refractivity contribution in [1.29, 1.82) is 0 Å². The van der Waals surface area contributed by atoms with Crippen molar-refractivity contribution >= 4 is 34.5 Å². The Balaban J connectivity index is 1.46. The molecule has 0 radical (unpaired) electrons. The zero-order valence-corrected chi connectivity index (χ0v) is 21.4. The van der Waals surface area contributed by atoms with Gasteiger partial charge in [-0.3, -0.25) is 9.78 Å². The van der Waals surface area contributed by atoms with Crippen LogP contribution in [0.2, 0.25) is 0 Å². The van der Waals surface area contributed by atoms with Crippen molar-refractivity contribution < 1.29 is 14.7 Å². The minimum atomic E-state index is -1.03. The molecule has 1 amide bonds. The molecule has 5 rings (SSSR count). The van der Waals surface area contributed by atoms with E-state index in [9.17, 15) is 14.7 Å². The van der Waals surface area contributed by atoms with Gasteiger partial charge >= 0.3 is 5.97 Å². The Kier molecular flexibility index (Phi) is 6.57. The van der Waals surface area contributed by atoms with Crippen LogP contribution in [-0.4, -0.2) is 42.6 Å². The molecule has 0 unspecified atom stereocenters. The lowest BCUT2D eigenvalue weighted by Crippen LogP contribution is -2.42. The van der Waals surface area contributed by atoms with E-state index in [0.717, 1.165) is 41.8 Å². The molecule has 4 aromatic heterocycles. The molecule has 9 heteroatoms. The summed E-state index contributed by atoms with van der Waals surface area (Å²) < 4.78 is 1.69. The standard InChI is InChI=1S/C27H29N5O3S/c1-16(2)32(26(33)18-7-5-17(3)6-8-18)22-14-23(36-25(22)27(34)35)19-9-10-20(29-15-19)21-13-24-28-11-4-12-31(24)30-21/h4,9-18H,5-8H2,1-3H3,(H,34,35)/t17-,18-. The van der Waals surface area contributed by atoms with Gasteiger partial charge in [0, 0.05) is 47.1 Å². The molecule has 186 valence electrons. The second-order valence-electron chi connectivity index (χ2n) is 9.77. The van der Waals surface area contributed by atoms with Gasteiger partial charge in [0.25, 0.3) is 0 Å². The van der Waals surface area contributed by atoms with Gasteiger partial charge in [0.1, 0.15) is 10.6 Å².